The van der Waals surface area contributed by atoms with Crippen LogP contribution in [0.1, 0.15) is 31.4 Å². The third-order valence-electron chi connectivity index (χ3n) is 3.02. The molecule has 1 N–H and O–H groups in total. The van der Waals surface area contributed by atoms with Gasteiger partial charge < -0.3 is 10.1 Å². The van der Waals surface area contributed by atoms with E-state index in [1.54, 1.807) is 0 Å². The highest BCUT2D eigenvalue weighted by atomic mass is 79.9. The van der Waals surface area contributed by atoms with E-state index in [0.29, 0.717) is 12.6 Å². The molecule has 0 aromatic heterocycles. The van der Waals surface area contributed by atoms with Crippen molar-refractivity contribution in [2.45, 2.75) is 25.8 Å². The van der Waals surface area contributed by atoms with Crippen LogP contribution < -0.4 is 10.1 Å². The van der Waals surface area contributed by atoms with Crippen LogP contribution in [0.15, 0.2) is 22.7 Å². The van der Waals surface area contributed by atoms with E-state index >= 15 is 0 Å². The van der Waals surface area contributed by atoms with E-state index in [9.17, 15) is 0 Å². The Labute approximate surface area is 106 Å². The van der Waals surface area contributed by atoms with Gasteiger partial charge >= 0.3 is 0 Å². The molecule has 0 bridgehead atoms. The largest absolute Gasteiger partial charge is 0.493 e. The number of benzene rings is 1. The molecule has 0 saturated heterocycles. The molecule has 2 nitrogen and oxygen atoms in total. The van der Waals surface area contributed by atoms with Crippen molar-refractivity contribution in [1.82, 2.24) is 5.32 Å². The molecule has 1 aromatic carbocycles. The highest BCUT2D eigenvalue weighted by Crippen LogP contribution is 2.42. The van der Waals surface area contributed by atoms with Crippen molar-refractivity contribution in [1.29, 1.82) is 0 Å². The zero-order valence-corrected chi connectivity index (χ0v) is 11.4. The van der Waals surface area contributed by atoms with Crippen molar-refractivity contribution < 1.29 is 4.74 Å². The SMILES string of the molecule is CCOc1ccc(C(NC)C2CC2)cc1Br. The Kier molecular flexibility index (Phi) is 3.87. The van der Waals surface area contributed by atoms with E-state index in [-0.39, 0.29) is 0 Å². The van der Waals surface area contributed by atoms with Crippen molar-refractivity contribution in [3.8, 4) is 5.75 Å². The monoisotopic (exact) mass is 283 g/mol. The predicted octanol–water partition coefficient (Wildman–Crippen LogP) is 3.52. The molecule has 0 spiro atoms. The molecule has 1 aliphatic carbocycles. The summed E-state index contributed by atoms with van der Waals surface area (Å²) >= 11 is 3.56. The smallest absolute Gasteiger partial charge is 0.133 e. The number of hydrogen-bond donors (Lipinski definition) is 1. The molecule has 1 saturated carbocycles. The molecule has 1 unspecified atom stereocenters. The van der Waals surface area contributed by atoms with E-state index < -0.39 is 0 Å². The Balaban J connectivity index is 2.18. The van der Waals surface area contributed by atoms with Crippen LogP contribution in [0.5, 0.6) is 5.75 Å². The molecule has 1 aromatic rings. The Morgan fingerprint density at radius 1 is 1.50 bits per heavy atom. The van der Waals surface area contributed by atoms with Gasteiger partial charge in [-0.2, -0.15) is 0 Å². The number of nitrogens with one attached hydrogen (secondary N) is 1. The molecule has 3 heteroatoms. The molecular weight excluding hydrogens is 266 g/mol. The molecule has 2 rings (SSSR count). The van der Waals surface area contributed by atoms with Gasteiger partial charge in [0.05, 0.1) is 11.1 Å². The number of hydrogen-bond acceptors (Lipinski definition) is 2. The summed E-state index contributed by atoms with van der Waals surface area (Å²) in [6.45, 7) is 2.71. The van der Waals surface area contributed by atoms with E-state index in [1.165, 1.54) is 18.4 Å². The summed E-state index contributed by atoms with van der Waals surface area (Å²) in [5.74, 6) is 1.74. The zero-order chi connectivity index (χ0) is 11.5. The summed E-state index contributed by atoms with van der Waals surface area (Å²) in [6.07, 6.45) is 2.69. The van der Waals surface area contributed by atoms with Gasteiger partial charge in [-0.25, -0.2) is 0 Å². The summed E-state index contributed by atoms with van der Waals surface area (Å²) in [4.78, 5) is 0. The van der Waals surface area contributed by atoms with E-state index in [1.807, 2.05) is 14.0 Å². The van der Waals surface area contributed by atoms with Gasteiger partial charge in [-0.15, -0.1) is 0 Å². The molecule has 1 atom stereocenters. The lowest BCUT2D eigenvalue weighted by Gasteiger charge is -2.17. The van der Waals surface area contributed by atoms with E-state index in [0.717, 1.165) is 16.1 Å². The highest BCUT2D eigenvalue weighted by molar-refractivity contribution is 9.10. The Bertz CT molecular complexity index is 363. The molecular formula is C13H18BrNO. The maximum Gasteiger partial charge on any atom is 0.133 e. The second-order valence-electron chi connectivity index (χ2n) is 4.23. The van der Waals surface area contributed by atoms with Crippen LogP contribution in [0.25, 0.3) is 0 Å². The maximum absolute atomic E-state index is 5.51. The summed E-state index contributed by atoms with van der Waals surface area (Å²) in [5.41, 5.74) is 1.35. The van der Waals surface area contributed by atoms with Crippen LogP contribution in [0.4, 0.5) is 0 Å². The molecule has 0 radical (unpaired) electrons. The molecule has 16 heavy (non-hydrogen) atoms. The summed E-state index contributed by atoms with van der Waals surface area (Å²) in [5, 5.41) is 3.40. The van der Waals surface area contributed by atoms with Gasteiger partial charge in [0, 0.05) is 6.04 Å². The lowest BCUT2D eigenvalue weighted by molar-refractivity contribution is 0.338. The first kappa shape index (κ1) is 11.9. The highest BCUT2D eigenvalue weighted by Gasteiger charge is 2.31. The van der Waals surface area contributed by atoms with Gasteiger partial charge in [-0.3, -0.25) is 0 Å². The number of ether oxygens (including phenoxy) is 1. The third kappa shape index (κ3) is 2.58. The number of halogens is 1. The molecule has 0 aliphatic heterocycles. The molecule has 1 aliphatic rings. The Morgan fingerprint density at radius 3 is 2.75 bits per heavy atom. The molecule has 0 amide bonds. The van der Waals surface area contributed by atoms with Crippen LogP contribution in [0.2, 0.25) is 0 Å². The average Bonchev–Trinajstić information content (AvgIpc) is 3.07. The fourth-order valence-corrected chi connectivity index (χ4v) is 2.60. The number of rotatable bonds is 5. The molecule has 88 valence electrons. The normalized spacial score (nSPS) is 17.2. The van der Waals surface area contributed by atoms with Crippen LogP contribution in [-0.2, 0) is 0 Å². The topological polar surface area (TPSA) is 21.3 Å². The Hall–Kier alpha value is -0.540. The van der Waals surface area contributed by atoms with Crippen molar-refractivity contribution >= 4 is 15.9 Å². The van der Waals surface area contributed by atoms with Crippen LogP contribution in [0.3, 0.4) is 0 Å². The summed E-state index contributed by atoms with van der Waals surface area (Å²) < 4.78 is 6.56. The fraction of sp³-hybridized carbons (Fsp3) is 0.538. The van der Waals surface area contributed by atoms with Crippen LogP contribution in [-0.4, -0.2) is 13.7 Å². The lowest BCUT2D eigenvalue weighted by atomic mass is 10.0. The second kappa shape index (κ2) is 5.19. The van der Waals surface area contributed by atoms with Crippen LogP contribution in [0, 0.1) is 5.92 Å². The Morgan fingerprint density at radius 2 is 2.25 bits per heavy atom. The van der Waals surface area contributed by atoms with Crippen molar-refractivity contribution in [3.63, 3.8) is 0 Å². The van der Waals surface area contributed by atoms with Gasteiger partial charge in [0.25, 0.3) is 0 Å². The maximum atomic E-state index is 5.51. The summed E-state index contributed by atoms with van der Waals surface area (Å²) in [6, 6.07) is 6.88. The minimum atomic E-state index is 0.493. The fourth-order valence-electron chi connectivity index (χ4n) is 2.09. The van der Waals surface area contributed by atoms with Gasteiger partial charge in [0.1, 0.15) is 5.75 Å². The van der Waals surface area contributed by atoms with Gasteiger partial charge in [-0.05, 0) is 66.4 Å². The first-order valence-corrected chi connectivity index (χ1v) is 6.65. The third-order valence-corrected chi connectivity index (χ3v) is 3.64. The van der Waals surface area contributed by atoms with Gasteiger partial charge in [0.15, 0.2) is 0 Å². The standard InChI is InChI=1S/C13H18BrNO/c1-3-16-12-7-6-10(8-11(12)14)13(15-2)9-4-5-9/h6-9,13,15H,3-5H2,1-2H3. The minimum absolute atomic E-state index is 0.493. The first-order chi connectivity index (χ1) is 7.76. The summed E-state index contributed by atoms with van der Waals surface area (Å²) in [7, 11) is 2.04. The van der Waals surface area contributed by atoms with Crippen molar-refractivity contribution in [2.75, 3.05) is 13.7 Å². The molecule has 0 heterocycles. The van der Waals surface area contributed by atoms with Gasteiger partial charge in [-0.1, -0.05) is 6.07 Å². The first-order valence-electron chi connectivity index (χ1n) is 5.85. The average molecular weight is 284 g/mol. The van der Waals surface area contributed by atoms with Crippen molar-refractivity contribution in [2.24, 2.45) is 5.92 Å². The second-order valence-corrected chi connectivity index (χ2v) is 5.08. The van der Waals surface area contributed by atoms with E-state index in [4.69, 9.17) is 4.74 Å². The predicted molar refractivity (Wildman–Crippen MR) is 69.8 cm³/mol. The van der Waals surface area contributed by atoms with Crippen molar-refractivity contribution in [3.05, 3.63) is 28.2 Å². The quantitative estimate of drug-likeness (QED) is 0.893. The van der Waals surface area contributed by atoms with Gasteiger partial charge in [0.2, 0.25) is 0 Å². The van der Waals surface area contributed by atoms with E-state index in [2.05, 4.69) is 39.4 Å². The lowest BCUT2D eigenvalue weighted by Crippen LogP contribution is -2.18. The minimum Gasteiger partial charge on any atom is -0.493 e. The van der Waals surface area contributed by atoms with Crippen LogP contribution >= 0.6 is 15.9 Å². The zero-order valence-electron chi connectivity index (χ0n) is 9.79. The molecule has 1 fully saturated rings.